The molecule has 0 aromatic rings. The van der Waals surface area contributed by atoms with E-state index < -0.39 is 0 Å². The molecule has 3 heteroatoms. The van der Waals surface area contributed by atoms with Crippen molar-refractivity contribution in [3.63, 3.8) is 0 Å². The van der Waals surface area contributed by atoms with Crippen molar-refractivity contribution in [3.8, 4) is 0 Å². The zero-order chi connectivity index (χ0) is 11.7. The Hall–Kier alpha value is -0.860. The van der Waals surface area contributed by atoms with Crippen LogP contribution in [0.3, 0.4) is 0 Å². The normalized spacial score (nSPS) is 33.0. The standard InChI is InChI=1S/C13H20O3/c1-3-16-13(15)12(4-8(2)14)11-6-9-5-10(9)7-11/h9-12H,3-7H2,1-2H3/t9-,10+,11?,12?. The summed E-state index contributed by atoms with van der Waals surface area (Å²) in [4.78, 5) is 23.0. The Bertz CT molecular complexity index is 288. The number of rotatable bonds is 5. The maximum Gasteiger partial charge on any atom is 0.309 e. The van der Waals surface area contributed by atoms with Gasteiger partial charge < -0.3 is 9.53 Å². The van der Waals surface area contributed by atoms with Crippen molar-refractivity contribution < 1.29 is 14.3 Å². The molecule has 0 radical (unpaired) electrons. The molecular formula is C13H20O3. The Morgan fingerprint density at radius 3 is 2.38 bits per heavy atom. The first-order chi connectivity index (χ1) is 7.61. The van der Waals surface area contributed by atoms with Gasteiger partial charge >= 0.3 is 5.97 Å². The third kappa shape index (κ3) is 2.45. The van der Waals surface area contributed by atoms with Crippen LogP contribution >= 0.6 is 0 Å². The highest BCUT2D eigenvalue weighted by Gasteiger charge is 2.49. The van der Waals surface area contributed by atoms with Gasteiger partial charge in [0, 0.05) is 6.42 Å². The smallest absolute Gasteiger partial charge is 0.309 e. The second-order valence-corrected chi connectivity index (χ2v) is 5.25. The molecule has 0 spiro atoms. The van der Waals surface area contributed by atoms with Crippen LogP contribution in [0.2, 0.25) is 0 Å². The summed E-state index contributed by atoms with van der Waals surface area (Å²) in [5.41, 5.74) is 0. The van der Waals surface area contributed by atoms with Crippen molar-refractivity contribution in [1.82, 2.24) is 0 Å². The highest BCUT2D eigenvalue weighted by molar-refractivity contribution is 5.83. The van der Waals surface area contributed by atoms with Gasteiger partial charge in [-0.3, -0.25) is 4.79 Å². The fourth-order valence-electron chi connectivity index (χ4n) is 3.09. The molecule has 2 aliphatic carbocycles. The van der Waals surface area contributed by atoms with E-state index in [0.717, 1.165) is 24.7 Å². The quantitative estimate of drug-likeness (QED) is 0.672. The van der Waals surface area contributed by atoms with Crippen LogP contribution in [0.4, 0.5) is 0 Å². The predicted molar refractivity (Wildman–Crippen MR) is 59.7 cm³/mol. The number of carbonyl (C=O) groups is 2. The first-order valence-electron chi connectivity index (χ1n) is 6.27. The number of Topliss-reactive ketones (excluding diaryl/α,β-unsaturated/α-hetero) is 1. The van der Waals surface area contributed by atoms with Crippen LogP contribution in [-0.4, -0.2) is 18.4 Å². The molecule has 3 nitrogen and oxygen atoms in total. The first kappa shape index (κ1) is 11.6. The average Bonchev–Trinajstić information content (AvgIpc) is 2.82. The van der Waals surface area contributed by atoms with Crippen LogP contribution in [0.5, 0.6) is 0 Å². The number of ether oxygens (including phenoxy) is 1. The van der Waals surface area contributed by atoms with E-state index in [1.807, 2.05) is 6.92 Å². The van der Waals surface area contributed by atoms with Gasteiger partial charge in [0.25, 0.3) is 0 Å². The average molecular weight is 224 g/mol. The van der Waals surface area contributed by atoms with Crippen molar-refractivity contribution in [2.45, 2.75) is 39.5 Å². The largest absolute Gasteiger partial charge is 0.466 e. The molecule has 0 aromatic carbocycles. The zero-order valence-corrected chi connectivity index (χ0v) is 10.1. The minimum atomic E-state index is -0.176. The zero-order valence-electron chi connectivity index (χ0n) is 10.1. The lowest BCUT2D eigenvalue weighted by Gasteiger charge is -2.21. The number of carbonyl (C=O) groups excluding carboxylic acids is 2. The topological polar surface area (TPSA) is 43.4 Å². The lowest BCUT2D eigenvalue weighted by Crippen LogP contribution is -2.27. The lowest BCUT2D eigenvalue weighted by molar-refractivity contribution is -0.151. The Morgan fingerprint density at radius 2 is 1.88 bits per heavy atom. The van der Waals surface area contributed by atoms with Crippen LogP contribution in [0.1, 0.15) is 39.5 Å². The molecule has 0 amide bonds. The summed E-state index contributed by atoms with van der Waals surface area (Å²) in [5, 5.41) is 0. The van der Waals surface area contributed by atoms with Crippen molar-refractivity contribution in [2.24, 2.45) is 23.7 Å². The number of hydrogen-bond acceptors (Lipinski definition) is 3. The van der Waals surface area contributed by atoms with Crippen molar-refractivity contribution >= 4 is 11.8 Å². The van der Waals surface area contributed by atoms with Gasteiger partial charge in [-0.2, -0.15) is 0 Å². The van der Waals surface area contributed by atoms with Crippen LogP contribution < -0.4 is 0 Å². The predicted octanol–water partition coefficient (Wildman–Crippen LogP) is 2.19. The van der Waals surface area contributed by atoms with E-state index in [1.54, 1.807) is 6.92 Å². The Morgan fingerprint density at radius 1 is 1.25 bits per heavy atom. The fourth-order valence-corrected chi connectivity index (χ4v) is 3.09. The monoisotopic (exact) mass is 224 g/mol. The number of ketones is 1. The van der Waals surface area contributed by atoms with E-state index in [-0.39, 0.29) is 17.7 Å². The summed E-state index contributed by atoms with van der Waals surface area (Å²) in [5.74, 6) is 1.84. The fraction of sp³-hybridized carbons (Fsp3) is 0.846. The van der Waals surface area contributed by atoms with Gasteiger partial charge in [0.2, 0.25) is 0 Å². The van der Waals surface area contributed by atoms with Crippen LogP contribution in [0.15, 0.2) is 0 Å². The van der Waals surface area contributed by atoms with Gasteiger partial charge in [-0.05, 0) is 50.9 Å². The van der Waals surface area contributed by atoms with Crippen molar-refractivity contribution in [1.29, 1.82) is 0 Å². The number of esters is 1. The summed E-state index contributed by atoms with van der Waals surface area (Å²) >= 11 is 0. The second-order valence-electron chi connectivity index (χ2n) is 5.25. The van der Waals surface area contributed by atoms with E-state index in [0.29, 0.717) is 18.9 Å². The van der Waals surface area contributed by atoms with Gasteiger partial charge in [-0.15, -0.1) is 0 Å². The molecule has 16 heavy (non-hydrogen) atoms. The lowest BCUT2D eigenvalue weighted by atomic mass is 9.85. The molecule has 90 valence electrons. The Labute approximate surface area is 96.5 Å². The van der Waals surface area contributed by atoms with Crippen molar-refractivity contribution in [2.75, 3.05) is 6.61 Å². The molecular weight excluding hydrogens is 204 g/mol. The highest BCUT2D eigenvalue weighted by Crippen LogP contribution is 2.56. The maximum atomic E-state index is 11.8. The van der Waals surface area contributed by atoms with E-state index in [9.17, 15) is 9.59 Å². The molecule has 0 aromatic heterocycles. The molecule has 2 unspecified atom stereocenters. The minimum absolute atomic E-state index is 0.0960. The molecule has 2 rings (SSSR count). The first-order valence-corrected chi connectivity index (χ1v) is 6.27. The van der Waals surface area contributed by atoms with Gasteiger partial charge in [0.05, 0.1) is 12.5 Å². The van der Waals surface area contributed by atoms with Gasteiger partial charge in [-0.25, -0.2) is 0 Å². The Kier molecular flexibility index (Phi) is 3.31. The molecule has 0 aliphatic heterocycles. The van der Waals surface area contributed by atoms with Gasteiger partial charge in [-0.1, -0.05) is 0 Å². The van der Waals surface area contributed by atoms with Crippen LogP contribution in [0.25, 0.3) is 0 Å². The highest BCUT2D eigenvalue weighted by atomic mass is 16.5. The van der Waals surface area contributed by atoms with Gasteiger partial charge in [0.1, 0.15) is 5.78 Å². The van der Waals surface area contributed by atoms with E-state index in [4.69, 9.17) is 4.74 Å². The van der Waals surface area contributed by atoms with E-state index in [2.05, 4.69) is 0 Å². The molecule has 2 fully saturated rings. The third-order valence-electron chi connectivity index (χ3n) is 3.95. The second kappa shape index (κ2) is 4.56. The van der Waals surface area contributed by atoms with Gasteiger partial charge in [0.15, 0.2) is 0 Å². The number of fused-ring (bicyclic) bond motifs is 1. The van der Waals surface area contributed by atoms with Crippen molar-refractivity contribution in [3.05, 3.63) is 0 Å². The van der Waals surface area contributed by atoms with E-state index in [1.165, 1.54) is 6.42 Å². The Balaban J connectivity index is 1.96. The molecule has 2 aliphatic rings. The molecule has 2 saturated carbocycles. The number of hydrogen-bond donors (Lipinski definition) is 0. The van der Waals surface area contributed by atoms with Crippen LogP contribution in [0, 0.1) is 23.7 Å². The maximum absolute atomic E-state index is 11.8. The molecule has 0 heterocycles. The summed E-state index contributed by atoms with van der Waals surface area (Å²) in [6.45, 7) is 3.78. The molecule has 0 saturated heterocycles. The summed E-state index contributed by atoms with van der Waals surface area (Å²) in [6.07, 6.45) is 3.96. The third-order valence-corrected chi connectivity index (χ3v) is 3.95. The van der Waals surface area contributed by atoms with Crippen LogP contribution in [-0.2, 0) is 14.3 Å². The summed E-state index contributed by atoms with van der Waals surface area (Å²) in [7, 11) is 0. The molecule has 0 N–H and O–H groups in total. The SMILES string of the molecule is CCOC(=O)C(CC(C)=O)C1C[C@@H]2C[C@@H]2C1. The molecule has 4 atom stereocenters. The summed E-state index contributed by atoms with van der Waals surface area (Å²) < 4.78 is 5.08. The summed E-state index contributed by atoms with van der Waals surface area (Å²) in [6, 6.07) is 0. The molecule has 0 bridgehead atoms. The van der Waals surface area contributed by atoms with E-state index >= 15 is 0 Å². The minimum Gasteiger partial charge on any atom is -0.466 e.